The molecule has 2 aromatic rings. The van der Waals surface area contributed by atoms with Gasteiger partial charge in [0.1, 0.15) is 0 Å². The highest BCUT2D eigenvalue weighted by molar-refractivity contribution is 7.10. The molecule has 1 aromatic carbocycles. The molecule has 0 fully saturated rings. The van der Waals surface area contributed by atoms with Crippen molar-refractivity contribution in [3.05, 3.63) is 57.8 Å². The van der Waals surface area contributed by atoms with Crippen molar-refractivity contribution in [2.45, 2.75) is 19.1 Å². The molecule has 1 aliphatic heterocycles. The van der Waals surface area contributed by atoms with Gasteiger partial charge >= 0.3 is 0 Å². The molecule has 1 aliphatic rings. The highest BCUT2D eigenvalue weighted by atomic mass is 32.1. The van der Waals surface area contributed by atoms with Crippen molar-refractivity contribution in [3.63, 3.8) is 0 Å². The number of carbonyl (C=O) groups is 2. The van der Waals surface area contributed by atoms with Gasteiger partial charge in [-0.1, -0.05) is 18.2 Å². The van der Waals surface area contributed by atoms with Crippen molar-refractivity contribution in [2.75, 3.05) is 20.1 Å². The molecule has 0 saturated carbocycles. The first-order valence-electron chi connectivity index (χ1n) is 7.86. The van der Waals surface area contributed by atoms with Crippen molar-refractivity contribution < 1.29 is 14.7 Å². The third-order valence-corrected chi connectivity index (χ3v) is 5.43. The molecule has 0 spiro atoms. The van der Waals surface area contributed by atoms with Crippen LogP contribution in [0.1, 0.15) is 38.6 Å². The Bertz CT molecular complexity index is 709. The monoisotopic (exact) mass is 344 g/mol. The molecule has 0 saturated heterocycles. The van der Waals surface area contributed by atoms with E-state index in [1.165, 1.54) is 4.88 Å². The van der Waals surface area contributed by atoms with Crippen LogP contribution in [0.15, 0.2) is 41.8 Å². The topological polar surface area (TPSA) is 60.9 Å². The van der Waals surface area contributed by atoms with Crippen molar-refractivity contribution in [2.24, 2.45) is 0 Å². The average molecular weight is 344 g/mol. The number of imide groups is 1. The van der Waals surface area contributed by atoms with Crippen LogP contribution in [0.25, 0.3) is 0 Å². The average Bonchev–Trinajstić information content (AvgIpc) is 3.18. The number of amides is 2. The van der Waals surface area contributed by atoms with E-state index in [9.17, 15) is 14.7 Å². The first kappa shape index (κ1) is 16.8. The van der Waals surface area contributed by atoms with Crippen LogP contribution in [0.3, 0.4) is 0 Å². The Morgan fingerprint density at radius 1 is 1.12 bits per heavy atom. The predicted octanol–water partition coefficient (Wildman–Crippen LogP) is 2.40. The maximum atomic E-state index is 12.3. The Labute approximate surface area is 145 Å². The molecule has 3 rings (SSSR count). The van der Waals surface area contributed by atoms with Gasteiger partial charge in [-0.25, -0.2) is 0 Å². The lowest BCUT2D eigenvalue weighted by molar-refractivity contribution is 0.0467. The smallest absolute Gasteiger partial charge is 0.261 e. The van der Waals surface area contributed by atoms with Crippen molar-refractivity contribution >= 4 is 23.2 Å². The molecule has 0 unspecified atom stereocenters. The van der Waals surface area contributed by atoms with E-state index in [-0.39, 0.29) is 24.4 Å². The molecule has 24 heavy (non-hydrogen) atoms. The van der Waals surface area contributed by atoms with Crippen molar-refractivity contribution in [3.8, 4) is 0 Å². The van der Waals surface area contributed by atoms with Gasteiger partial charge in [-0.2, -0.15) is 0 Å². The van der Waals surface area contributed by atoms with E-state index < -0.39 is 6.10 Å². The van der Waals surface area contributed by atoms with E-state index >= 15 is 0 Å². The second-order valence-electron chi connectivity index (χ2n) is 6.05. The minimum atomic E-state index is -0.792. The molecule has 5 nitrogen and oxygen atoms in total. The molecule has 126 valence electrons. The number of aliphatic hydroxyl groups excluding tert-OH is 1. The summed E-state index contributed by atoms with van der Waals surface area (Å²) in [7, 11) is 1.93. The van der Waals surface area contributed by atoms with Crippen LogP contribution >= 0.6 is 11.3 Å². The van der Waals surface area contributed by atoms with Gasteiger partial charge in [0, 0.05) is 17.5 Å². The van der Waals surface area contributed by atoms with Gasteiger partial charge in [0.25, 0.3) is 11.8 Å². The number of hydrogen-bond acceptors (Lipinski definition) is 5. The number of benzene rings is 1. The van der Waals surface area contributed by atoms with E-state index in [0.29, 0.717) is 17.7 Å². The van der Waals surface area contributed by atoms with Crippen LogP contribution in [-0.2, 0) is 0 Å². The summed E-state index contributed by atoms with van der Waals surface area (Å²) in [5.41, 5.74) is 0.824. The lowest BCUT2D eigenvalue weighted by Crippen LogP contribution is -2.42. The number of fused-ring (bicyclic) bond motifs is 1. The molecule has 2 atom stereocenters. The van der Waals surface area contributed by atoms with E-state index in [2.05, 4.69) is 13.0 Å². The van der Waals surface area contributed by atoms with Crippen molar-refractivity contribution in [1.29, 1.82) is 0 Å². The molecule has 6 heteroatoms. The molecular formula is C18H20N2O3S. The number of hydrogen-bond donors (Lipinski definition) is 1. The van der Waals surface area contributed by atoms with Crippen LogP contribution in [0.5, 0.6) is 0 Å². The van der Waals surface area contributed by atoms with Gasteiger partial charge < -0.3 is 5.11 Å². The molecule has 0 radical (unpaired) electrons. The number of carbonyl (C=O) groups excluding carboxylic acids is 2. The van der Waals surface area contributed by atoms with Crippen LogP contribution in [0.4, 0.5) is 0 Å². The Balaban J connectivity index is 1.62. The maximum Gasteiger partial charge on any atom is 0.261 e. The Hall–Kier alpha value is -2.02. The largest absolute Gasteiger partial charge is 0.390 e. The Kier molecular flexibility index (Phi) is 4.80. The molecule has 2 amide bonds. The number of β-amino-alcohol motifs (C(OH)–C–C–N with tert-alkyl or cyclic N) is 1. The van der Waals surface area contributed by atoms with Crippen LogP contribution in [0, 0.1) is 0 Å². The Morgan fingerprint density at radius 2 is 1.75 bits per heavy atom. The van der Waals surface area contributed by atoms with Gasteiger partial charge in [0.05, 0.1) is 23.8 Å². The lowest BCUT2D eigenvalue weighted by Gasteiger charge is -2.27. The van der Waals surface area contributed by atoms with Gasteiger partial charge in [0.2, 0.25) is 0 Å². The highest BCUT2D eigenvalue weighted by Gasteiger charge is 2.36. The third kappa shape index (κ3) is 3.13. The normalized spacial score (nSPS) is 16.6. The molecule has 1 aromatic heterocycles. The number of thiophene rings is 1. The van der Waals surface area contributed by atoms with Gasteiger partial charge in [0.15, 0.2) is 0 Å². The first-order valence-corrected chi connectivity index (χ1v) is 8.74. The number of likely N-dealkylation sites (N-methyl/N-ethyl adjacent to an activating group) is 1. The van der Waals surface area contributed by atoms with Crippen LogP contribution in [0.2, 0.25) is 0 Å². The molecule has 2 heterocycles. The summed E-state index contributed by atoms with van der Waals surface area (Å²) in [6, 6.07) is 11.0. The summed E-state index contributed by atoms with van der Waals surface area (Å²) in [5.74, 6) is -0.660. The minimum absolute atomic E-state index is 0.00778. The quantitative estimate of drug-likeness (QED) is 0.818. The second kappa shape index (κ2) is 6.84. The van der Waals surface area contributed by atoms with Crippen LogP contribution < -0.4 is 0 Å². The van der Waals surface area contributed by atoms with Gasteiger partial charge in [-0.05, 0) is 37.6 Å². The number of nitrogens with zero attached hydrogens (tertiary/aromatic N) is 2. The summed E-state index contributed by atoms with van der Waals surface area (Å²) < 4.78 is 0. The molecule has 0 bridgehead atoms. The minimum Gasteiger partial charge on any atom is -0.390 e. The highest BCUT2D eigenvalue weighted by Crippen LogP contribution is 2.25. The Morgan fingerprint density at radius 3 is 2.29 bits per heavy atom. The summed E-state index contributed by atoms with van der Waals surface area (Å²) in [6.45, 7) is 2.46. The fraction of sp³-hybridized carbons (Fsp3) is 0.333. The standard InChI is InChI=1S/C18H20N2O3S/c1-12(16-8-5-9-24-16)19(2)10-13(21)11-20-17(22)14-6-3-4-7-15(14)18(20)23/h3-9,12-13,21H,10-11H2,1-2H3/t12-,13+/m0/s1. The van der Waals surface area contributed by atoms with Gasteiger partial charge in [-0.15, -0.1) is 11.3 Å². The SMILES string of the molecule is C[C@@H](c1cccs1)N(C)C[C@@H](O)CN1C(=O)c2ccccc2C1=O. The second-order valence-corrected chi connectivity index (χ2v) is 7.03. The van der Waals surface area contributed by atoms with Gasteiger partial charge in [-0.3, -0.25) is 19.4 Å². The van der Waals surface area contributed by atoms with E-state index in [4.69, 9.17) is 0 Å². The zero-order valence-electron chi connectivity index (χ0n) is 13.7. The van der Waals surface area contributed by atoms with Crippen molar-refractivity contribution in [1.82, 2.24) is 9.80 Å². The van der Waals surface area contributed by atoms with E-state index in [1.54, 1.807) is 35.6 Å². The fourth-order valence-electron chi connectivity index (χ4n) is 2.91. The third-order valence-electron chi connectivity index (χ3n) is 4.39. The summed E-state index contributed by atoms with van der Waals surface area (Å²) in [5, 5.41) is 12.4. The predicted molar refractivity (Wildman–Crippen MR) is 93.2 cm³/mol. The lowest BCUT2D eigenvalue weighted by atomic mass is 10.1. The first-order chi connectivity index (χ1) is 11.5. The van der Waals surface area contributed by atoms with E-state index in [1.807, 2.05) is 23.4 Å². The summed E-state index contributed by atoms with van der Waals surface area (Å²) >= 11 is 1.67. The fourth-order valence-corrected chi connectivity index (χ4v) is 3.76. The maximum absolute atomic E-state index is 12.3. The zero-order chi connectivity index (χ0) is 17.3. The number of rotatable bonds is 6. The number of aliphatic hydroxyl groups is 1. The molecule has 1 N–H and O–H groups in total. The summed E-state index contributed by atoms with van der Waals surface area (Å²) in [6.07, 6.45) is -0.792. The zero-order valence-corrected chi connectivity index (χ0v) is 14.5. The van der Waals surface area contributed by atoms with Crippen LogP contribution in [-0.4, -0.2) is 53.0 Å². The van der Waals surface area contributed by atoms with E-state index in [0.717, 1.165) is 4.90 Å². The summed E-state index contributed by atoms with van der Waals surface area (Å²) in [4.78, 5) is 29.0. The molecular weight excluding hydrogens is 324 g/mol. The molecule has 0 aliphatic carbocycles.